The van der Waals surface area contributed by atoms with Gasteiger partial charge in [0.1, 0.15) is 0 Å². The van der Waals surface area contributed by atoms with Crippen molar-refractivity contribution in [3.05, 3.63) is 29.8 Å². The van der Waals surface area contributed by atoms with Crippen molar-refractivity contribution in [1.82, 2.24) is 5.32 Å². The van der Waals surface area contributed by atoms with E-state index in [0.717, 1.165) is 18.5 Å². The van der Waals surface area contributed by atoms with E-state index in [4.69, 9.17) is 4.74 Å². The van der Waals surface area contributed by atoms with Gasteiger partial charge in [0, 0.05) is 13.2 Å². The number of nitrogens with one attached hydrogen (secondary N) is 2. The normalized spacial score (nSPS) is 13.2. The van der Waals surface area contributed by atoms with Crippen LogP contribution >= 0.6 is 0 Å². The summed E-state index contributed by atoms with van der Waals surface area (Å²) in [4.78, 5) is 0. The first-order chi connectivity index (χ1) is 9.50. The van der Waals surface area contributed by atoms with Crippen LogP contribution in [0.15, 0.2) is 24.3 Å². The molecule has 0 saturated heterocycles. The van der Waals surface area contributed by atoms with Crippen molar-refractivity contribution < 1.29 is 13.2 Å². The third-order valence-corrected chi connectivity index (χ3v) is 4.18. The molecule has 0 bridgehead atoms. The van der Waals surface area contributed by atoms with Crippen molar-refractivity contribution in [1.29, 1.82) is 0 Å². The van der Waals surface area contributed by atoms with E-state index < -0.39 is 10.0 Å². The summed E-state index contributed by atoms with van der Waals surface area (Å²) >= 11 is 0. The zero-order valence-corrected chi connectivity index (χ0v) is 13.2. The van der Waals surface area contributed by atoms with Crippen LogP contribution < -0.4 is 10.0 Å². The molecule has 2 N–H and O–H groups in total. The Morgan fingerprint density at radius 2 is 2.00 bits per heavy atom. The molecule has 0 radical (unpaired) electrons. The van der Waals surface area contributed by atoms with E-state index in [1.165, 1.54) is 7.11 Å². The topological polar surface area (TPSA) is 67.4 Å². The highest BCUT2D eigenvalue weighted by atomic mass is 32.2. The number of methoxy groups -OCH3 is 1. The molecule has 1 unspecified atom stereocenters. The Morgan fingerprint density at radius 3 is 2.65 bits per heavy atom. The molecule has 0 amide bonds. The van der Waals surface area contributed by atoms with Gasteiger partial charge < -0.3 is 10.1 Å². The van der Waals surface area contributed by atoms with E-state index in [2.05, 4.69) is 17.0 Å². The van der Waals surface area contributed by atoms with Crippen molar-refractivity contribution in [3.63, 3.8) is 0 Å². The fourth-order valence-corrected chi connectivity index (χ4v) is 2.86. The number of hydrogen-bond donors (Lipinski definition) is 2. The van der Waals surface area contributed by atoms with Gasteiger partial charge in [0.15, 0.2) is 0 Å². The lowest BCUT2D eigenvalue weighted by Crippen LogP contribution is -2.23. The van der Waals surface area contributed by atoms with E-state index in [-0.39, 0.29) is 18.4 Å². The van der Waals surface area contributed by atoms with E-state index in [9.17, 15) is 8.42 Å². The van der Waals surface area contributed by atoms with Crippen molar-refractivity contribution in [2.24, 2.45) is 0 Å². The first kappa shape index (κ1) is 16.9. The maximum Gasteiger partial charge on any atom is 0.235 e. The minimum absolute atomic E-state index is 0.0470. The van der Waals surface area contributed by atoms with Gasteiger partial charge in [0.05, 0.1) is 18.0 Å². The summed E-state index contributed by atoms with van der Waals surface area (Å²) in [6.45, 7) is 5.20. The smallest absolute Gasteiger partial charge is 0.235 e. The molecule has 0 saturated carbocycles. The molecule has 0 aliphatic rings. The average molecular weight is 300 g/mol. The Kier molecular flexibility index (Phi) is 6.98. The third-order valence-electron chi connectivity index (χ3n) is 2.95. The van der Waals surface area contributed by atoms with Crippen LogP contribution in [0.5, 0.6) is 0 Å². The number of sulfonamides is 1. The van der Waals surface area contributed by atoms with Crippen molar-refractivity contribution in [2.45, 2.75) is 26.3 Å². The molecule has 1 aromatic rings. The second-order valence-corrected chi connectivity index (χ2v) is 6.52. The highest BCUT2D eigenvalue weighted by Gasteiger charge is 2.15. The SMILES string of the molecule is CCCNC(C)c1ccccc1NS(=O)(=O)CCOC. The molecule has 0 spiro atoms. The zero-order chi connectivity index (χ0) is 15.0. The molecule has 0 fully saturated rings. The third kappa shape index (κ3) is 5.48. The van der Waals surface area contributed by atoms with Gasteiger partial charge in [-0.25, -0.2) is 8.42 Å². The maximum atomic E-state index is 11.9. The van der Waals surface area contributed by atoms with Gasteiger partial charge in [-0.05, 0) is 31.5 Å². The molecule has 1 rings (SSSR count). The van der Waals surface area contributed by atoms with E-state index >= 15 is 0 Å². The summed E-state index contributed by atoms with van der Waals surface area (Å²) < 4.78 is 31.3. The van der Waals surface area contributed by atoms with Gasteiger partial charge in [0.25, 0.3) is 0 Å². The predicted molar refractivity (Wildman–Crippen MR) is 82.4 cm³/mol. The van der Waals surface area contributed by atoms with Gasteiger partial charge in [-0.1, -0.05) is 25.1 Å². The van der Waals surface area contributed by atoms with Crippen LogP contribution in [0.2, 0.25) is 0 Å². The van der Waals surface area contributed by atoms with Crippen molar-refractivity contribution >= 4 is 15.7 Å². The summed E-state index contributed by atoms with van der Waals surface area (Å²) in [7, 11) is -1.89. The lowest BCUT2D eigenvalue weighted by Gasteiger charge is -2.18. The lowest BCUT2D eigenvalue weighted by molar-refractivity contribution is 0.217. The summed E-state index contributed by atoms with van der Waals surface area (Å²) in [5, 5.41) is 3.36. The quantitative estimate of drug-likeness (QED) is 0.733. The molecule has 6 heteroatoms. The Balaban J connectivity index is 2.85. The van der Waals surface area contributed by atoms with Gasteiger partial charge in [0.2, 0.25) is 10.0 Å². The zero-order valence-electron chi connectivity index (χ0n) is 12.3. The molecule has 1 aromatic carbocycles. The number of rotatable bonds is 9. The maximum absolute atomic E-state index is 11.9. The Hall–Kier alpha value is -1.11. The Morgan fingerprint density at radius 1 is 1.30 bits per heavy atom. The molecule has 114 valence electrons. The van der Waals surface area contributed by atoms with Gasteiger partial charge >= 0.3 is 0 Å². The number of ether oxygens (including phenoxy) is 1. The molecule has 1 atom stereocenters. The molecular weight excluding hydrogens is 276 g/mol. The molecule has 0 aliphatic carbocycles. The van der Waals surface area contributed by atoms with Gasteiger partial charge in [-0.3, -0.25) is 4.72 Å². The second-order valence-electron chi connectivity index (χ2n) is 4.68. The highest BCUT2D eigenvalue weighted by Crippen LogP contribution is 2.23. The minimum atomic E-state index is -3.38. The fourth-order valence-electron chi connectivity index (χ4n) is 1.85. The number of anilines is 1. The monoisotopic (exact) mass is 300 g/mol. The van der Waals surface area contributed by atoms with Crippen LogP contribution in [0.25, 0.3) is 0 Å². The standard InChI is InChI=1S/C14H24N2O3S/c1-4-9-15-12(2)13-7-5-6-8-14(13)16-20(17,18)11-10-19-3/h5-8,12,15-16H,4,9-11H2,1-3H3. The van der Waals surface area contributed by atoms with E-state index in [1.807, 2.05) is 25.1 Å². The van der Waals surface area contributed by atoms with E-state index in [0.29, 0.717) is 5.69 Å². The van der Waals surface area contributed by atoms with Crippen molar-refractivity contribution in [2.75, 3.05) is 30.7 Å². The first-order valence-electron chi connectivity index (χ1n) is 6.82. The fraction of sp³-hybridized carbons (Fsp3) is 0.571. The Labute approximate surface area is 121 Å². The van der Waals surface area contributed by atoms with Crippen LogP contribution in [-0.4, -0.2) is 34.4 Å². The van der Waals surface area contributed by atoms with Crippen LogP contribution in [-0.2, 0) is 14.8 Å². The average Bonchev–Trinajstić information content (AvgIpc) is 2.43. The van der Waals surface area contributed by atoms with Crippen LogP contribution in [0.3, 0.4) is 0 Å². The number of benzene rings is 1. The van der Waals surface area contributed by atoms with Crippen LogP contribution in [0.1, 0.15) is 31.9 Å². The lowest BCUT2D eigenvalue weighted by atomic mass is 10.1. The molecule has 0 aromatic heterocycles. The number of hydrogen-bond acceptors (Lipinski definition) is 4. The van der Waals surface area contributed by atoms with E-state index in [1.54, 1.807) is 6.07 Å². The van der Waals surface area contributed by atoms with Crippen molar-refractivity contribution in [3.8, 4) is 0 Å². The Bertz CT molecular complexity index is 503. The molecular formula is C14H24N2O3S. The summed E-state index contributed by atoms with van der Waals surface area (Å²) in [5.41, 5.74) is 1.57. The highest BCUT2D eigenvalue weighted by molar-refractivity contribution is 7.92. The minimum Gasteiger partial charge on any atom is -0.384 e. The second kappa shape index (κ2) is 8.24. The molecule has 20 heavy (non-hydrogen) atoms. The van der Waals surface area contributed by atoms with Gasteiger partial charge in [-0.2, -0.15) is 0 Å². The van der Waals surface area contributed by atoms with Crippen LogP contribution in [0.4, 0.5) is 5.69 Å². The largest absolute Gasteiger partial charge is 0.384 e. The number of para-hydroxylation sites is 1. The summed E-state index contributed by atoms with van der Waals surface area (Å²) in [6, 6.07) is 7.54. The summed E-state index contributed by atoms with van der Waals surface area (Å²) in [6.07, 6.45) is 1.03. The first-order valence-corrected chi connectivity index (χ1v) is 8.47. The molecule has 5 nitrogen and oxygen atoms in total. The van der Waals surface area contributed by atoms with Gasteiger partial charge in [-0.15, -0.1) is 0 Å². The summed E-state index contributed by atoms with van der Waals surface area (Å²) in [5.74, 6) is -0.0470. The van der Waals surface area contributed by atoms with Crippen LogP contribution in [0, 0.1) is 0 Å². The predicted octanol–water partition coefficient (Wildman–Crippen LogP) is 2.14. The molecule has 0 aliphatic heterocycles. The molecule has 0 heterocycles.